The van der Waals surface area contributed by atoms with E-state index in [1.807, 2.05) is 0 Å². The molecule has 2 atom stereocenters. The Hall–Kier alpha value is -1.98. The second-order valence-corrected chi connectivity index (χ2v) is 4.88. The second-order valence-electron chi connectivity index (χ2n) is 4.88. The Bertz CT molecular complexity index is 533. The highest BCUT2D eigenvalue weighted by molar-refractivity contribution is 5.82. The van der Waals surface area contributed by atoms with Crippen LogP contribution in [0.15, 0.2) is 18.2 Å². The summed E-state index contributed by atoms with van der Waals surface area (Å²) >= 11 is 0. The summed E-state index contributed by atoms with van der Waals surface area (Å²) in [7, 11) is 0. The maximum Gasteiger partial charge on any atom is 0.303 e. The number of carboxylic acids is 1. The standard InChI is InChI=1S/C14H15F2NO3/c15-11-4-1-3-8(13(11)16)9-7-10(9)14(20)17-6-2-5-12(18)19/h1,3-4,9-10H,2,5-7H2,(H,17,20)(H,18,19)/t9-,10+/m1/s1. The van der Waals surface area contributed by atoms with E-state index in [9.17, 15) is 18.4 Å². The smallest absolute Gasteiger partial charge is 0.303 e. The van der Waals surface area contributed by atoms with Gasteiger partial charge in [0.05, 0.1) is 0 Å². The third kappa shape index (κ3) is 3.31. The van der Waals surface area contributed by atoms with Gasteiger partial charge in [0, 0.05) is 18.9 Å². The number of halogens is 2. The number of benzene rings is 1. The molecule has 6 heteroatoms. The first kappa shape index (κ1) is 14.4. The zero-order chi connectivity index (χ0) is 14.7. The summed E-state index contributed by atoms with van der Waals surface area (Å²) in [6.45, 7) is 0.278. The third-order valence-corrected chi connectivity index (χ3v) is 3.37. The molecule has 2 N–H and O–H groups in total. The molecule has 0 saturated heterocycles. The topological polar surface area (TPSA) is 66.4 Å². The fourth-order valence-electron chi connectivity index (χ4n) is 2.22. The van der Waals surface area contributed by atoms with Crippen LogP contribution in [0.2, 0.25) is 0 Å². The number of nitrogens with one attached hydrogen (secondary N) is 1. The molecule has 0 spiro atoms. The van der Waals surface area contributed by atoms with Crippen LogP contribution in [0.25, 0.3) is 0 Å². The van der Waals surface area contributed by atoms with Crippen molar-refractivity contribution in [2.75, 3.05) is 6.54 Å². The van der Waals surface area contributed by atoms with Gasteiger partial charge in [-0.05, 0) is 30.4 Å². The van der Waals surface area contributed by atoms with Gasteiger partial charge >= 0.3 is 5.97 Å². The monoisotopic (exact) mass is 283 g/mol. The summed E-state index contributed by atoms with van der Waals surface area (Å²) in [5.41, 5.74) is 0.232. The van der Waals surface area contributed by atoms with Gasteiger partial charge in [-0.3, -0.25) is 9.59 Å². The SMILES string of the molecule is O=C(O)CCCNC(=O)[C@H]1C[C@@H]1c1cccc(F)c1F. The first-order valence-corrected chi connectivity index (χ1v) is 6.44. The van der Waals surface area contributed by atoms with Crippen LogP contribution in [0.3, 0.4) is 0 Å². The number of hydrogen-bond acceptors (Lipinski definition) is 2. The molecule has 1 amide bonds. The van der Waals surface area contributed by atoms with E-state index in [0.29, 0.717) is 12.8 Å². The van der Waals surface area contributed by atoms with Crippen LogP contribution < -0.4 is 5.32 Å². The first-order valence-electron chi connectivity index (χ1n) is 6.44. The summed E-state index contributed by atoms with van der Waals surface area (Å²) in [5, 5.41) is 11.1. The Morgan fingerprint density at radius 1 is 1.35 bits per heavy atom. The fourth-order valence-corrected chi connectivity index (χ4v) is 2.22. The minimum atomic E-state index is -0.912. The van der Waals surface area contributed by atoms with Gasteiger partial charge in [0.2, 0.25) is 5.91 Å². The lowest BCUT2D eigenvalue weighted by molar-refractivity contribution is -0.137. The van der Waals surface area contributed by atoms with E-state index in [4.69, 9.17) is 5.11 Å². The van der Waals surface area contributed by atoms with Gasteiger partial charge in [0.1, 0.15) is 0 Å². The van der Waals surface area contributed by atoms with Crippen LogP contribution >= 0.6 is 0 Å². The molecule has 1 aliphatic rings. The molecule has 2 rings (SSSR count). The van der Waals surface area contributed by atoms with E-state index in [-0.39, 0.29) is 36.3 Å². The first-order chi connectivity index (χ1) is 9.50. The lowest BCUT2D eigenvalue weighted by Crippen LogP contribution is -2.26. The van der Waals surface area contributed by atoms with Crippen LogP contribution in [0.1, 0.15) is 30.7 Å². The molecule has 108 valence electrons. The van der Waals surface area contributed by atoms with Crippen LogP contribution in [0.4, 0.5) is 8.78 Å². The number of carboxylic acid groups (broad SMARTS) is 1. The summed E-state index contributed by atoms with van der Waals surface area (Å²) in [5.74, 6) is -3.58. The Labute approximate surface area is 114 Å². The third-order valence-electron chi connectivity index (χ3n) is 3.37. The number of aliphatic carboxylic acids is 1. The van der Waals surface area contributed by atoms with Crippen LogP contribution in [-0.4, -0.2) is 23.5 Å². The molecule has 1 fully saturated rings. The van der Waals surface area contributed by atoms with E-state index >= 15 is 0 Å². The normalized spacial score (nSPS) is 20.5. The van der Waals surface area contributed by atoms with E-state index in [1.54, 1.807) is 0 Å². The molecule has 1 aliphatic carbocycles. The summed E-state index contributed by atoms with van der Waals surface area (Å²) in [6.07, 6.45) is 0.838. The van der Waals surface area contributed by atoms with Gasteiger partial charge in [-0.2, -0.15) is 0 Å². The van der Waals surface area contributed by atoms with Gasteiger partial charge in [-0.25, -0.2) is 8.78 Å². The Kier molecular flexibility index (Phi) is 4.32. The van der Waals surface area contributed by atoms with E-state index in [2.05, 4.69) is 5.32 Å². The molecular formula is C14H15F2NO3. The van der Waals surface area contributed by atoms with Gasteiger partial charge in [-0.15, -0.1) is 0 Å². The molecule has 4 nitrogen and oxygen atoms in total. The van der Waals surface area contributed by atoms with Crippen molar-refractivity contribution in [1.29, 1.82) is 0 Å². The maximum absolute atomic E-state index is 13.6. The molecule has 0 radical (unpaired) electrons. The zero-order valence-corrected chi connectivity index (χ0v) is 10.7. The molecule has 0 bridgehead atoms. The molecule has 1 aromatic carbocycles. The van der Waals surface area contributed by atoms with Crippen molar-refractivity contribution < 1.29 is 23.5 Å². The number of carbonyl (C=O) groups is 2. The van der Waals surface area contributed by atoms with Crippen LogP contribution in [-0.2, 0) is 9.59 Å². The van der Waals surface area contributed by atoms with Crippen molar-refractivity contribution in [1.82, 2.24) is 5.32 Å². The lowest BCUT2D eigenvalue weighted by atomic mass is 10.1. The number of amides is 1. The molecule has 0 aliphatic heterocycles. The van der Waals surface area contributed by atoms with Crippen molar-refractivity contribution in [3.05, 3.63) is 35.4 Å². The highest BCUT2D eigenvalue weighted by Crippen LogP contribution is 2.48. The minimum Gasteiger partial charge on any atom is -0.481 e. The average Bonchev–Trinajstić information content (AvgIpc) is 3.17. The molecule has 0 aromatic heterocycles. The van der Waals surface area contributed by atoms with E-state index < -0.39 is 17.6 Å². The second kappa shape index (κ2) is 5.98. The quantitative estimate of drug-likeness (QED) is 0.785. The molecule has 0 heterocycles. The van der Waals surface area contributed by atoms with Crippen LogP contribution in [0, 0.1) is 17.6 Å². The molecule has 0 unspecified atom stereocenters. The average molecular weight is 283 g/mol. The number of rotatable bonds is 6. The van der Waals surface area contributed by atoms with Crippen molar-refractivity contribution in [2.24, 2.45) is 5.92 Å². The largest absolute Gasteiger partial charge is 0.481 e. The van der Waals surface area contributed by atoms with Gasteiger partial charge in [0.25, 0.3) is 0 Å². The maximum atomic E-state index is 13.6. The van der Waals surface area contributed by atoms with E-state index in [0.717, 1.165) is 6.07 Å². The number of carbonyl (C=O) groups excluding carboxylic acids is 1. The summed E-state index contributed by atoms with van der Waals surface area (Å²) in [4.78, 5) is 22.1. The molecule has 1 saturated carbocycles. The van der Waals surface area contributed by atoms with Gasteiger partial charge < -0.3 is 10.4 Å². The summed E-state index contributed by atoms with van der Waals surface area (Å²) < 4.78 is 26.6. The molecular weight excluding hydrogens is 268 g/mol. The highest BCUT2D eigenvalue weighted by Gasteiger charge is 2.45. The van der Waals surface area contributed by atoms with Crippen molar-refractivity contribution in [3.8, 4) is 0 Å². The van der Waals surface area contributed by atoms with Crippen molar-refractivity contribution in [3.63, 3.8) is 0 Å². The highest BCUT2D eigenvalue weighted by atomic mass is 19.2. The molecule has 1 aromatic rings. The fraction of sp³-hybridized carbons (Fsp3) is 0.429. The Morgan fingerprint density at radius 3 is 2.80 bits per heavy atom. The van der Waals surface area contributed by atoms with E-state index in [1.165, 1.54) is 12.1 Å². The van der Waals surface area contributed by atoms with Gasteiger partial charge in [-0.1, -0.05) is 12.1 Å². The predicted octanol–water partition coefficient (Wildman–Crippen LogP) is 2.05. The summed E-state index contributed by atoms with van der Waals surface area (Å²) in [6, 6.07) is 3.96. The zero-order valence-electron chi connectivity index (χ0n) is 10.7. The molecule has 20 heavy (non-hydrogen) atoms. The minimum absolute atomic E-state index is 0.00704. The van der Waals surface area contributed by atoms with Crippen molar-refractivity contribution in [2.45, 2.75) is 25.2 Å². The Morgan fingerprint density at radius 2 is 2.10 bits per heavy atom. The number of hydrogen-bond donors (Lipinski definition) is 2. The Balaban J connectivity index is 1.83. The van der Waals surface area contributed by atoms with Crippen LogP contribution in [0.5, 0.6) is 0 Å². The predicted molar refractivity (Wildman–Crippen MR) is 67.1 cm³/mol. The van der Waals surface area contributed by atoms with Crippen molar-refractivity contribution >= 4 is 11.9 Å². The lowest BCUT2D eigenvalue weighted by Gasteiger charge is -2.05. The van der Waals surface area contributed by atoms with Gasteiger partial charge in [0.15, 0.2) is 11.6 Å².